The number of likely N-dealkylation sites (tertiary alicyclic amines) is 1. The molecule has 1 heterocycles. The van der Waals surface area contributed by atoms with Gasteiger partial charge in [0.05, 0.1) is 37.5 Å². The summed E-state index contributed by atoms with van der Waals surface area (Å²) < 4.78 is 6.05. The second kappa shape index (κ2) is 7.80. The molecule has 1 aromatic carbocycles. The van der Waals surface area contributed by atoms with E-state index in [1.807, 2.05) is 6.92 Å². The van der Waals surface area contributed by atoms with E-state index < -0.39 is 5.97 Å². The first kappa shape index (κ1) is 20.2. The molecular formula is C21H30ClN2O3+. The summed E-state index contributed by atoms with van der Waals surface area (Å²) in [6, 6.07) is 3.35. The van der Waals surface area contributed by atoms with Gasteiger partial charge < -0.3 is 14.5 Å². The number of benzene rings is 1. The number of anilines is 1. The molecule has 1 aromatic rings. The molecule has 2 aliphatic rings. The Hall–Kier alpha value is -1.59. The van der Waals surface area contributed by atoms with Crippen LogP contribution in [0.25, 0.3) is 0 Å². The monoisotopic (exact) mass is 393 g/mol. The number of quaternary nitrogens is 1. The van der Waals surface area contributed by atoms with Gasteiger partial charge in [0.2, 0.25) is 0 Å². The topological polar surface area (TPSA) is 55.4 Å². The quantitative estimate of drug-likeness (QED) is 0.578. The number of halogens is 1. The van der Waals surface area contributed by atoms with E-state index in [2.05, 4.69) is 12.2 Å². The number of ether oxygens (including phenoxy) is 1. The number of hydrogen-bond acceptors (Lipinski definition) is 3. The molecular weight excluding hydrogens is 364 g/mol. The van der Waals surface area contributed by atoms with Gasteiger partial charge in [-0.2, -0.15) is 0 Å². The fourth-order valence-corrected chi connectivity index (χ4v) is 5.20. The molecule has 0 aromatic heterocycles. The molecule has 3 rings (SSSR count). The number of nitrogens with one attached hydrogen (secondary N) is 1. The Morgan fingerprint density at radius 1 is 1.19 bits per heavy atom. The highest BCUT2D eigenvalue weighted by atomic mass is 35.5. The van der Waals surface area contributed by atoms with Crippen molar-refractivity contribution in [3.05, 3.63) is 28.3 Å². The number of nitrogens with zero attached hydrogens (tertiary/aromatic N) is 1. The minimum atomic E-state index is -0.457. The van der Waals surface area contributed by atoms with E-state index in [0.717, 1.165) is 48.9 Å². The highest BCUT2D eigenvalue weighted by Gasteiger charge is 2.60. The molecule has 1 aliphatic heterocycles. The molecule has 6 heteroatoms. The Labute approximate surface area is 166 Å². The van der Waals surface area contributed by atoms with Gasteiger partial charge in [-0.05, 0) is 44.9 Å². The third kappa shape index (κ3) is 3.36. The molecule has 0 unspecified atom stereocenters. The molecule has 1 saturated heterocycles. The van der Waals surface area contributed by atoms with Crippen LogP contribution in [0.3, 0.4) is 0 Å². The van der Waals surface area contributed by atoms with Crippen molar-refractivity contribution in [2.45, 2.75) is 58.4 Å². The second-order valence-electron chi connectivity index (χ2n) is 7.82. The number of likely N-dealkylation sites (N-methyl/N-ethyl adjacent to an activating group) is 1. The third-order valence-electron chi connectivity index (χ3n) is 6.57. The largest absolute Gasteiger partial charge is 0.462 e. The van der Waals surface area contributed by atoms with Crippen molar-refractivity contribution in [1.29, 1.82) is 0 Å². The van der Waals surface area contributed by atoms with Crippen LogP contribution in [0, 0.1) is 6.92 Å². The summed E-state index contributed by atoms with van der Waals surface area (Å²) in [5, 5.41) is 3.57. The number of esters is 1. The van der Waals surface area contributed by atoms with Crippen molar-refractivity contribution < 1.29 is 18.8 Å². The zero-order valence-corrected chi connectivity index (χ0v) is 17.3. The fourth-order valence-electron chi connectivity index (χ4n) is 4.92. The van der Waals surface area contributed by atoms with Crippen LogP contribution >= 0.6 is 11.6 Å². The van der Waals surface area contributed by atoms with Crippen molar-refractivity contribution in [1.82, 2.24) is 0 Å². The normalized spacial score (nSPS) is 20.0. The highest BCUT2D eigenvalue weighted by Crippen LogP contribution is 2.46. The number of hydrogen-bond donors (Lipinski definition) is 1. The predicted molar refractivity (Wildman–Crippen MR) is 107 cm³/mol. The molecule has 1 aliphatic carbocycles. The van der Waals surface area contributed by atoms with Crippen molar-refractivity contribution >= 4 is 29.2 Å². The molecule has 0 bridgehead atoms. The van der Waals surface area contributed by atoms with Gasteiger partial charge >= 0.3 is 5.97 Å². The van der Waals surface area contributed by atoms with Crippen LogP contribution in [-0.4, -0.2) is 48.1 Å². The maximum absolute atomic E-state index is 13.5. The number of carbonyl (C=O) groups excluding carboxylic acids is 2. The predicted octanol–water partition coefficient (Wildman–Crippen LogP) is 4.32. The van der Waals surface area contributed by atoms with Gasteiger partial charge in [-0.25, -0.2) is 4.79 Å². The second-order valence-corrected chi connectivity index (χ2v) is 8.26. The van der Waals surface area contributed by atoms with Gasteiger partial charge in [0.25, 0.3) is 5.91 Å². The summed E-state index contributed by atoms with van der Waals surface area (Å²) in [4.78, 5) is 25.9. The van der Waals surface area contributed by atoms with Crippen LogP contribution < -0.4 is 5.32 Å². The zero-order valence-electron chi connectivity index (χ0n) is 16.6. The van der Waals surface area contributed by atoms with E-state index in [1.165, 1.54) is 12.8 Å². The number of carbonyl (C=O) groups is 2. The van der Waals surface area contributed by atoms with E-state index in [0.29, 0.717) is 16.3 Å². The SMILES string of the molecule is CCOC(=O)c1cc(Cl)cc(C)c1NC(=O)C1([N+]2(CC)CCCC2)CCC1. The van der Waals surface area contributed by atoms with E-state index in [1.54, 1.807) is 19.1 Å². The van der Waals surface area contributed by atoms with Crippen LogP contribution in [0.15, 0.2) is 12.1 Å². The van der Waals surface area contributed by atoms with Gasteiger partial charge in [0, 0.05) is 30.7 Å². The summed E-state index contributed by atoms with van der Waals surface area (Å²) in [6.45, 7) is 9.19. The fraction of sp³-hybridized carbons (Fsp3) is 0.619. The Morgan fingerprint density at radius 3 is 2.37 bits per heavy atom. The summed E-state index contributed by atoms with van der Waals surface area (Å²) in [5.41, 5.74) is 1.26. The molecule has 0 spiro atoms. The van der Waals surface area contributed by atoms with Gasteiger partial charge in [0.15, 0.2) is 5.54 Å². The minimum Gasteiger partial charge on any atom is -0.462 e. The van der Waals surface area contributed by atoms with Gasteiger partial charge in [-0.15, -0.1) is 0 Å². The van der Waals surface area contributed by atoms with Gasteiger partial charge in [-0.1, -0.05) is 11.6 Å². The number of aryl methyl sites for hydroxylation is 1. The third-order valence-corrected chi connectivity index (χ3v) is 6.79. The molecule has 148 valence electrons. The van der Waals surface area contributed by atoms with E-state index in [4.69, 9.17) is 16.3 Å². The maximum atomic E-state index is 13.5. The van der Waals surface area contributed by atoms with Crippen LogP contribution in [0.1, 0.15) is 61.9 Å². The van der Waals surface area contributed by atoms with E-state index >= 15 is 0 Å². The molecule has 27 heavy (non-hydrogen) atoms. The maximum Gasteiger partial charge on any atom is 0.340 e. The molecule has 2 fully saturated rings. The van der Waals surface area contributed by atoms with Crippen molar-refractivity contribution in [2.24, 2.45) is 0 Å². The van der Waals surface area contributed by atoms with Crippen molar-refractivity contribution in [2.75, 3.05) is 31.6 Å². The first-order valence-electron chi connectivity index (χ1n) is 10.0. The zero-order chi connectivity index (χ0) is 19.7. The Kier molecular flexibility index (Phi) is 5.82. The molecule has 0 atom stereocenters. The van der Waals surface area contributed by atoms with Crippen LogP contribution in [0.5, 0.6) is 0 Å². The highest BCUT2D eigenvalue weighted by molar-refractivity contribution is 6.31. The molecule has 1 amide bonds. The number of amides is 1. The lowest BCUT2D eigenvalue weighted by Gasteiger charge is -2.54. The van der Waals surface area contributed by atoms with E-state index in [-0.39, 0.29) is 18.1 Å². The lowest BCUT2D eigenvalue weighted by molar-refractivity contribution is -0.960. The molecule has 5 nitrogen and oxygen atoms in total. The standard InChI is InChI=1S/C21H29ClN2O3/c1-4-24(11-6-7-12-24)21(9-8-10-21)20(26)23-18-15(3)13-16(22)14-17(18)19(25)27-5-2/h13-14H,4-12H2,1-3H3/p+1. The van der Waals surface area contributed by atoms with E-state index in [9.17, 15) is 9.59 Å². The Balaban J connectivity index is 1.95. The summed E-state index contributed by atoms with van der Waals surface area (Å²) in [5.74, 6) is -0.421. The van der Waals surface area contributed by atoms with Crippen LogP contribution in [0.4, 0.5) is 5.69 Å². The summed E-state index contributed by atoms with van der Waals surface area (Å²) in [6.07, 6.45) is 5.26. The molecule has 0 radical (unpaired) electrons. The smallest absolute Gasteiger partial charge is 0.340 e. The number of rotatable bonds is 6. The first-order valence-corrected chi connectivity index (χ1v) is 10.4. The Morgan fingerprint density at radius 2 is 1.85 bits per heavy atom. The minimum absolute atomic E-state index is 0.0356. The van der Waals surface area contributed by atoms with Crippen LogP contribution in [0.2, 0.25) is 5.02 Å². The first-order chi connectivity index (χ1) is 12.9. The average molecular weight is 394 g/mol. The van der Waals surface area contributed by atoms with Gasteiger partial charge in [-0.3, -0.25) is 4.79 Å². The van der Waals surface area contributed by atoms with Crippen molar-refractivity contribution in [3.8, 4) is 0 Å². The lowest BCUT2D eigenvalue weighted by atomic mass is 9.72. The summed E-state index contributed by atoms with van der Waals surface area (Å²) in [7, 11) is 0. The molecule has 1 saturated carbocycles. The van der Waals surface area contributed by atoms with Crippen LogP contribution in [-0.2, 0) is 9.53 Å². The van der Waals surface area contributed by atoms with Crippen molar-refractivity contribution in [3.63, 3.8) is 0 Å². The summed E-state index contributed by atoms with van der Waals surface area (Å²) >= 11 is 6.16. The lowest BCUT2D eigenvalue weighted by Crippen LogP contribution is -2.71. The Bertz CT molecular complexity index is 737. The van der Waals surface area contributed by atoms with Gasteiger partial charge in [0.1, 0.15) is 0 Å². The average Bonchev–Trinajstić information content (AvgIpc) is 3.06. The molecule has 1 N–H and O–H groups in total.